The molecule has 4 rings (SSSR count). The summed E-state index contributed by atoms with van der Waals surface area (Å²) in [6.07, 6.45) is 0.668. The van der Waals surface area contributed by atoms with Crippen molar-refractivity contribution in [1.82, 2.24) is 9.88 Å². The number of ether oxygens (including phenoxy) is 1. The lowest BCUT2D eigenvalue weighted by atomic mass is 9.67. The summed E-state index contributed by atoms with van der Waals surface area (Å²) in [5.74, 6) is -1.22. The van der Waals surface area contributed by atoms with Gasteiger partial charge in [0.25, 0.3) is 5.91 Å². The van der Waals surface area contributed by atoms with Gasteiger partial charge in [-0.25, -0.2) is 0 Å². The number of nitrogens with one attached hydrogen (secondary N) is 1. The predicted molar refractivity (Wildman–Crippen MR) is 92.3 cm³/mol. The summed E-state index contributed by atoms with van der Waals surface area (Å²) in [6.45, 7) is 2.53. The minimum Gasteiger partial charge on any atom is -0.383 e. The molecule has 2 heterocycles. The molecule has 3 atom stereocenters. The van der Waals surface area contributed by atoms with Gasteiger partial charge in [0.05, 0.1) is 24.3 Å². The number of methoxy groups -OCH3 is 1. The first kappa shape index (κ1) is 16.3. The second kappa shape index (κ2) is 5.68. The summed E-state index contributed by atoms with van der Waals surface area (Å²) in [5, 5.41) is 12.0. The second-order valence-electron chi connectivity index (χ2n) is 6.90. The molecular weight excluding hydrogens is 320 g/mol. The number of H-pyrrole nitrogens is 1. The van der Waals surface area contributed by atoms with Crippen molar-refractivity contribution in [3.05, 3.63) is 35.5 Å². The number of aromatic nitrogens is 1. The zero-order valence-electron chi connectivity index (χ0n) is 14.4. The number of ketones is 1. The third-order valence-electron chi connectivity index (χ3n) is 5.76. The average molecular weight is 342 g/mol. The Morgan fingerprint density at radius 3 is 2.84 bits per heavy atom. The fourth-order valence-electron chi connectivity index (χ4n) is 4.41. The first-order valence-electron chi connectivity index (χ1n) is 8.70. The topological polar surface area (TPSA) is 82.6 Å². The number of carbonyl (C=O) groups is 2. The number of benzene rings is 1. The highest BCUT2D eigenvalue weighted by Gasteiger charge is 2.58. The van der Waals surface area contributed by atoms with Gasteiger partial charge in [0.15, 0.2) is 11.4 Å². The van der Waals surface area contributed by atoms with Crippen LogP contribution in [0, 0.1) is 5.92 Å². The molecule has 1 amide bonds. The maximum Gasteiger partial charge on any atom is 0.255 e. The Kier molecular flexibility index (Phi) is 3.70. The largest absolute Gasteiger partial charge is 0.383 e. The number of fused-ring (bicyclic) bond motifs is 6. The van der Waals surface area contributed by atoms with E-state index in [4.69, 9.17) is 4.74 Å². The molecule has 0 saturated carbocycles. The first-order chi connectivity index (χ1) is 12.0. The lowest BCUT2D eigenvalue weighted by Gasteiger charge is -2.49. The number of likely N-dealkylation sites (tertiary alicyclic amines) is 1. The summed E-state index contributed by atoms with van der Waals surface area (Å²) in [4.78, 5) is 31.0. The number of aliphatic hydroxyl groups is 1. The Hall–Kier alpha value is -2.18. The lowest BCUT2D eigenvalue weighted by Crippen LogP contribution is -2.63. The van der Waals surface area contributed by atoms with Gasteiger partial charge in [-0.05, 0) is 18.9 Å². The molecule has 1 aromatic heterocycles. The highest BCUT2D eigenvalue weighted by atomic mass is 16.5. The third-order valence-corrected chi connectivity index (χ3v) is 5.76. The van der Waals surface area contributed by atoms with Crippen LogP contribution >= 0.6 is 0 Å². The summed E-state index contributed by atoms with van der Waals surface area (Å²) in [5.41, 5.74) is 0.646. The Balaban J connectivity index is 1.92. The van der Waals surface area contributed by atoms with E-state index in [2.05, 4.69) is 4.98 Å². The molecule has 2 aromatic rings. The zero-order valence-corrected chi connectivity index (χ0v) is 14.4. The van der Waals surface area contributed by atoms with Crippen molar-refractivity contribution in [2.75, 3.05) is 20.3 Å². The summed E-state index contributed by atoms with van der Waals surface area (Å²) in [6, 6.07) is 7.52. The van der Waals surface area contributed by atoms with Gasteiger partial charge < -0.3 is 19.7 Å². The van der Waals surface area contributed by atoms with Crippen LogP contribution in [0.4, 0.5) is 0 Å². The van der Waals surface area contributed by atoms with Gasteiger partial charge in [0.2, 0.25) is 0 Å². The Labute approximate surface area is 145 Å². The van der Waals surface area contributed by atoms with E-state index in [1.54, 1.807) is 18.9 Å². The number of hydrogen-bond acceptors (Lipinski definition) is 4. The van der Waals surface area contributed by atoms with E-state index in [1.807, 2.05) is 24.3 Å². The lowest BCUT2D eigenvalue weighted by molar-refractivity contribution is -0.169. The number of carbonyl (C=O) groups excluding carboxylic acids is 2. The molecule has 6 heteroatoms. The summed E-state index contributed by atoms with van der Waals surface area (Å²) in [7, 11) is 1.59. The molecule has 1 aliphatic heterocycles. The monoisotopic (exact) mass is 342 g/mol. The van der Waals surface area contributed by atoms with E-state index in [0.717, 1.165) is 16.5 Å². The maximum absolute atomic E-state index is 13.1. The van der Waals surface area contributed by atoms with E-state index < -0.39 is 11.5 Å². The first-order valence-corrected chi connectivity index (χ1v) is 8.70. The second-order valence-corrected chi connectivity index (χ2v) is 6.90. The number of rotatable bonds is 4. The molecule has 132 valence electrons. The van der Waals surface area contributed by atoms with Crippen LogP contribution in [-0.4, -0.2) is 52.5 Å². The van der Waals surface area contributed by atoms with Crippen LogP contribution in [0.2, 0.25) is 0 Å². The predicted octanol–water partition coefficient (Wildman–Crippen LogP) is 2.04. The van der Waals surface area contributed by atoms with Crippen molar-refractivity contribution in [2.24, 2.45) is 5.92 Å². The zero-order chi connectivity index (χ0) is 17.8. The van der Waals surface area contributed by atoms with Crippen molar-refractivity contribution < 1.29 is 19.4 Å². The van der Waals surface area contributed by atoms with Crippen molar-refractivity contribution in [2.45, 2.75) is 31.4 Å². The molecule has 1 aromatic carbocycles. The minimum atomic E-state index is -1.64. The minimum absolute atomic E-state index is 0.161. The molecule has 1 aliphatic carbocycles. The highest BCUT2D eigenvalue weighted by Crippen LogP contribution is 2.49. The molecule has 6 nitrogen and oxygen atoms in total. The quantitative estimate of drug-likeness (QED) is 0.891. The fourth-order valence-corrected chi connectivity index (χ4v) is 4.41. The number of aromatic amines is 1. The van der Waals surface area contributed by atoms with Gasteiger partial charge in [-0.1, -0.05) is 25.1 Å². The van der Waals surface area contributed by atoms with Crippen molar-refractivity contribution >= 4 is 22.6 Å². The van der Waals surface area contributed by atoms with Gasteiger partial charge in [-0.3, -0.25) is 9.59 Å². The Morgan fingerprint density at radius 1 is 1.36 bits per heavy atom. The van der Waals surface area contributed by atoms with Gasteiger partial charge in [0, 0.05) is 30.1 Å². The van der Waals surface area contributed by atoms with E-state index in [0.29, 0.717) is 25.3 Å². The Bertz CT molecular complexity index is 858. The van der Waals surface area contributed by atoms with Crippen LogP contribution in [0.1, 0.15) is 41.9 Å². The van der Waals surface area contributed by atoms with E-state index in [9.17, 15) is 14.7 Å². The van der Waals surface area contributed by atoms with Crippen LogP contribution in [-0.2, 0) is 9.53 Å². The number of piperidine rings is 1. The standard InChI is InChI=1S/C19H22N2O4/c1-3-19(24)12-10-14(21(18(19)23)8-9-25-2)15-11-6-4-5-7-13(11)20-16(15)17(12)22/h4-7,12,14,20,24H,3,8-10H2,1-2H3/t12-,14+,19?/m1/s1. The van der Waals surface area contributed by atoms with E-state index in [1.165, 1.54) is 0 Å². The SMILES string of the molecule is CCC1(O)C(=O)N(CCOC)[C@H]2C[C@@H]1C(=O)c1[nH]c3ccccc3c12. The molecule has 2 aliphatic rings. The normalized spacial score (nSPS) is 28.5. The smallest absolute Gasteiger partial charge is 0.255 e. The van der Waals surface area contributed by atoms with Gasteiger partial charge in [0.1, 0.15) is 0 Å². The van der Waals surface area contributed by atoms with Crippen molar-refractivity contribution in [3.63, 3.8) is 0 Å². The van der Waals surface area contributed by atoms with Gasteiger partial charge in [-0.2, -0.15) is 0 Å². The van der Waals surface area contributed by atoms with Crippen LogP contribution in [0.25, 0.3) is 10.9 Å². The number of nitrogens with zero attached hydrogens (tertiary/aromatic N) is 1. The molecule has 2 bridgehead atoms. The molecule has 1 unspecified atom stereocenters. The number of amides is 1. The number of Topliss-reactive ketones (excluding diaryl/α,β-unsaturated/α-hetero) is 1. The molecular formula is C19H22N2O4. The molecule has 1 saturated heterocycles. The van der Waals surface area contributed by atoms with E-state index in [-0.39, 0.29) is 24.2 Å². The van der Waals surface area contributed by atoms with Crippen LogP contribution < -0.4 is 0 Å². The van der Waals surface area contributed by atoms with Gasteiger partial charge >= 0.3 is 0 Å². The molecule has 0 radical (unpaired) electrons. The number of hydrogen-bond donors (Lipinski definition) is 2. The maximum atomic E-state index is 13.1. The van der Waals surface area contributed by atoms with E-state index >= 15 is 0 Å². The highest BCUT2D eigenvalue weighted by molar-refractivity contribution is 6.09. The fraction of sp³-hybridized carbons (Fsp3) is 0.474. The van der Waals surface area contributed by atoms with Crippen LogP contribution in [0.15, 0.2) is 24.3 Å². The van der Waals surface area contributed by atoms with Gasteiger partial charge in [-0.15, -0.1) is 0 Å². The number of para-hydroxylation sites is 1. The van der Waals surface area contributed by atoms with Crippen LogP contribution in [0.3, 0.4) is 0 Å². The molecule has 0 spiro atoms. The summed E-state index contributed by atoms with van der Waals surface area (Å²) >= 11 is 0. The van der Waals surface area contributed by atoms with Crippen molar-refractivity contribution in [3.8, 4) is 0 Å². The van der Waals surface area contributed by atoms with Crippen LogP contribution in [0.5, 0.6) is 0 Å². The molecule has 2 N–H and O–H groups in total. The van der Waals surface area contributed by atoms with Crippen molar-refractivity contribution in [1.29, 1.82) is 0 Å². The Morgan fingerprint density at radius 2 is 2.12 bits per heavy atom. The molecule has 1 fully saturated rings. The summed E-state index contributed by atoms with van der Waals surface area (Å²) < 4.78 is 5.16. The molecule has 25 heavy (non-hydrogen) atoms. The third kappa shape index (κ3) is 2.10. The average Bonchev–Trinajstić information content (AvgIpc) is 3.02.